The van der Waals surface area contributed by atoms with Crippen LogP contribution in [0.1, 0.15) is 66.2 Å². The summed E-state index contributed by atoms with van der Waals surface area (Å²) in [6, 6.07) is 0. The van der Waals surface area contributed by atoms with E-state index in [2.05, 4.69) is 20.8 Å². The number of halogens is 1. The van der Waals surface area contributed by atoms with E-state index in [1.165, 1.54) is 24.8 Å². The first-order valence-electron chi connectivity index (χ1n) is 7.31. The molecule has 106 valence electrons. The third-order valence-corrected chi connectivity index (χ3v) is 5.30. The number of carbonyl (C=O) groups is 1. The molecule has 0 aromatic heterocycles. The fourth-order valence-electron chi connectivity index (χ4n) is 3.73. The Kier molecular flexibility index (Phi) is 3.97. The zero-order valence-electron chi connectivity index (χ0n) is 12.6. The topological polar surface area (TPSA) is 17.1 Å². The minimum atomic E-state index is -0.246. The van der Waals surface area contributed by atoms with Crippen molar-refractivity contribution in [3.8, 4) is 0 Å². The number of hydrogen-bond acceptors (Lipinski definition) is 1. The Morgan fingerprint density at radius 1 is 1.37 bits per heavy atom. The molecule has 0 radical (unpaired) electrons. The molecule has 1 nitrogen and oxygen atoms in total. The van der Waals surface area contributed by atoms with Crippen molar-refractivity contribution in [2.75, 3.05) is 0 Å². The van der Waals surface area contributed by atoms with Gasteiger partial charge in [-0.25, -0.2) is 0 Å². The summed E-state index contributed by atoms with van der Waals surface area (Å²) in [6.45, 7) is 8.53. The average Bonchev–Trinajstić information content (AvgIpc) is 2.30. The smallest absolute Gasteiger partial charge is 0.140 e. The van der Waals surface area contributed by atoms with E-state index in [0.29, 0.717) is 12.2 Å². The number of fused-ring (bicyclic) bond motifs is 1. The van der Waals surface area contributed by atoms with Gasteiger partial charge in [-0.3, -0.25) is 4.79 Å². The van der Waals surface area contributed by atoms with Gasteiger partial charge < -0.3 is 0 Å². The second-order valence-corrected chi connectivity index (χ2v) is 7.60. The fraction of sp³-hybridized carbons (Fsp3) is 0.706. The van der Waals surface area contributed by atoms with Crippen molar-refractivity contribution in [2.45, 2.75) is 66.2 Å². The minimum Gasteiger partial charge on any atom is -0.299 e. The number of allylic oxidation sites excluding steroid dienone is 4. The molecular formula is C17H25ClO. The lowest BCUT2D eigenvalue weighted by Crippen LogP contribution is -2.42. The van der Waals surface area contributed by atoms with Crippen molar-refractivity contribution in [1.82, 2.24) is 0 Å². The molecule has 1 saturated carbocycles. The number of Topliss-reactive ketones (excluding diaryl/α,β-unsaturated/α-hetero) is 1. The van der Waals surface area contributed by atoms with Crippen LogP contribution in [0.5, 0.6) is 0 Å². The highest BCUT2D eigenvalue weighted by Gasteiger charge is 2.47. The van der Waals surface area contributed by atoms with E-state index in [0.717, 1.165) is 17.9 Å². The highest BCUT2D eigenvalue weighted by atomic mass is 35.5. The maximum atomic E-state index is 12.6. The van der Waals surface area contributed by atoms with Gasteiger partial charge in [0.25, 0.3) is 0 Å². The summed E-state index contributed by atoms with van der Waals surface area (Å²) in [5.74, 6) is 0.419. The van der Waals surface area contributed by atoms with Crippen LogP contribution >= 0.6 is 11.6 Å². The van der Waals surface area contributed by atoms with Gasteiger partial charge in [-0.15, -0.1) is 0 Å². The lowest BCUT2D eigenvalue weighted by molar-refractivity contribution is -0.132. The molecular weight excluding hydrogens is 256 g/mol. The molecule has 0 aromatic rings. The monoisotopic (exact) mass is 280 g/mol. The summed E-state index contributed by atoms with van der Waals surface area (Å²) in [7, 11) is 0. The minimum absolute atomic E-state index is 0.138. The molecule has 0 amide bonds. The van der Waals surface area contributed by atoms with Crippen LogP contribution in [-0.2, 0) is 4.79 Å². The van der Waals surface area contributed by atoms with Gasteiger partial charge >= 0.3 is 0 Å². The Labute approximate surface area is 122 Å². The molecule has 0 aromatic carbocycles. The molecule has 2 aliphatic rings. The van der Waals surface area contributed by atoms with E-state index in [1.54, 1.807) is 5.57 Å². The molecule has 1 fully saturated rings. The SMILES string of the molecule is CC1=C2C[C@](C)(C/C=C(\C)Cl)C(=O)C[C@]2(C)CCC1. The lowest BCUT2D eigenvalue weighted by atomic mass is 9.56. The molecule has 2 heteroatoms. The normalized spacial score (nSPS) is 36.5. The third kappa shape index (κ3) is 2.81. The van der Waals surface area contributed by atoms with Crippen LogP contribution in [0, 0.1) is 10.8 Å². The molecule has 0 N–H and O–H groups in total. The Morgan fingerprint density at radius 3 is 2.68 bits per heavy atom. The van der Waals surface area contributed by atoms with Gasteiger partial charge in [0.05, 0.1) is 0 Å². The van der Waals surface area contributed by atoms with Crippen LogP contribution in [-0.4, -0.2) is 5.78 Å². The summed E-state index contributed by atoms with van der Waals surface area (Å²) in [4.78, 5) is 12.6. The van der Waals surface area contributed by atoms with E-state index in [-0.39, 0.29) is 10.8 Å². The molecule has 0 heterocycles. The number of carbonyl (C=O) groups excluding carboxylic acids is 1. The molecule has 0 bridgehead atoms. The standard InChI is InChI=1S/C17H25ClO/c1-12-6-5-8-16(3)11-15(19)17(4,10-14(12)16)9-7-13(2)18/h7H,5-6,8-11H2,1-4H3/b13-7+/t16-,17-/m0/s1. The summed E-state index contributed by atoms with van der Waals surface area (Å²) >= 11 is 5.94. The van der Waals surface area contributed by atoms with E-state index in [9.17, 15) is 4.79 Å². The second kappa shape index (κ2) is 5.09. The average molecular weight is 281 g/mol. The first kappa shape index (κ1) is 14.8. The van der Waals surface area contributed by atoms with Crippen molar-refractivity contribution in [2.24, 2.45) is 10.8 Å². The van der Waals surface area contributed by atoms with Gasteiger partial charge in [0.1, 0.15) is 5.78 Å². The first-order chi connectivity index (χ1) is 8.77. The van der Waals surface area contributed by atoms with Gasteiger partial charge in [0.2, 0.25) is 0 Å². The van der Waals surface area contributed by atoms with Gasteiger partial charge in [-0.05, 0) is 51.4 Å². The molecule has 2 rings (SSSR count). The highest BCUT2D eigenvalue weighted by molar-refractivity contribution is 6.29. The predicted molar refractivity (Wildman–Crippen MR) is 81.2 cm³/mol. The number of rotatable bonds is 2. The van der Waals surface area contributed by atoms with Crippen LogP contribution in [0.3, 0.4) is 0 Å². The van der Waals surface area contributed by atoms with Crippen molar-refractivity contribution in [3.05, 3.63) is 22.3 Å². The van der Waals surface area contributed by atoms with E-state index in [4.69, 9.17) is 11.6 Å². The number of ketones is 1. The molecule has 0 unspecified atom stereocenters. The van der Waals surface area contributed by atoms with Crippen molar-refractivity contribution in [1.29, 1.82) is 0 Å². The lowest BCUT2D eigenvalue weighted by Gasteiger charge is -2.47. The van der Waals surface area contributed by atoms with Gasteiger partial charge in [0, 0.05) is 16.9 Å². The molecule has 0 aliphatic heterocycles. The van der Waals surface area contributed by atoms with Crippen LogP contribution in [0.2, 0.25) is 0 Å². The van der Waals surface area contributed by atoms with Gasteiger partial charge in [0.15, 0.2) is 0 Å². The van der Waals surface area contributed by atoms with Crippen molar-refractivity contribution >= 4 is 17.4 Å². The van der Waals surface area contributed by atoms with Crippen molar-refractivity contribution in [3.63, 3.8) is 0 Å². The van der Waals surface area contributed by atoms with Crippen LogP contribution in [0.15, 0.2) is 22.3 Å². The first-order valence-corrected chi connectivity index (χ1v) is 7.69. The van der Waals surface area contributed by atoms with Crippen molar-refractivity contribution < 1.29 is 4.79 Å². The zero-order valence-corrected chi connectivity index (χ0v) is 13.4. The summed E-state index contributed by atoms with van der Waals surface area (Å²) in [5.41, 5.74) is 2.97. The maximum Gasteiger partial charge on any atom is 0.140 e. The second-order valence-electron chi connectivity index (χ2n) is 7.01. The van der Waals surface area contributed by atoms with Gasteiger partial charge in [-0.1, -0.05) is 42.7 Å². The maximum absolute atomic E-state index is 12.6. The molecule has 19 heavy (non-hydrogen) atoms. The Balaban J connectivity index is 2.32. The summed E-state index contributed by atoms with van der Waals surface area (Å²) in [6.07, 6.45) is 8.02. The highest BCUT2D eigenvalue weighted by Crippen LogP contribution is 2.54. The largest absolute Gasteiger partial charge is 0.299 e. The zero-order chi connectivity index (χ0) is 14.3. The van der Waals surface area contributed by atoms with E-state index >= 15 is 0 Å². The summed E-state index contributed by atoms with van der Waals surface area (Å²) in [5, 5.41) is 0.789. The Bertz CT molecular complexity index is 456. The quantitative estimate of drug-likeness (QED) is 0.619. The van der Waals surface area contributed by atoms with Gasteiger partial charge in [-0.2, -0.15) is 0 Å². The molecule has 2 aliphatic carbocycles. The summed E-state index contributed by atoms with van der Waals surface area (Å²) < 4.78 is 0. The van der Waals surface area contributed by atoms with E-state index in [1.807, 2.05) is 13.0 Å². The van der Waals surface area contributed by atoms with Crippen LogP contribution in [0.4, 0.5) is 0 Å². The Hall–Kier alpha value is -0.560. The number of hydrogen-bond donors (Lipinski definition) is 0. The Morgan fingerprint density at radius 2 is 2.05 bits per heavy atom. The third-order valence-electron chi connectivity index (χ3n) is 5.15. The van der Waals surface area contributed by atoms with E-state index < -0.39 is 0 Å². The van der Waals surface area contributed by atoms with Crippen LogP contribution in [0.25, 0.3) is 0 Å². The molecule has 0 saturated heterocycles. The fourth-order valence-corrected chi connectivity index (χ4v) is 3.81. The molecule has 2 atom stereocenters. The predicted octanol–water partition coefficient (Wildman–Crippen LogP) is 5.40. The van der Waals surface area contributed by atoms with Crippen LogP contribution < -0.4 is 0 Å². The molecule has 0 spiro atoms.